The van der Waals surface area contributed by atoms with Crippen LogP contribution in [0.3, 0.4) is 0 Å². The Morgan fingerprint density at radius 3 is 2.73 bits per heavy atom. The first-order valence-corrected chi connectivity index (χ1v) is 10.3. The fraction of sp³-hybridized carbons (Fsp3) is 0.316. The van der Waals surface area contributed by atoms with Crippen molar-refractivity contribution >= 4 is 29.0 Å². The van der Waals surface area contributed by atoms with Crippen molar-refractivity contribution in [3.05, 3.63) is 53.4 Å². The number of thioether (sulfide) groups is 1. The molecule has 0 radical (unpaired) electrons. The van der Waals surface area contributed by atoms with Crippen molar-refractivity contribution in [1.29, 1.82) is 0 Å². The van der Waals surface area contributed by atoms with Crippen molar-refractivity contribution in [3.63, 3.8) is 0 Å². The molecule has 0 bridgehead atoms. The Balaban J connectivity index is 1.53. The lowest BCUT2D eigenvalue weighted by atomic mass is 9.96. The molecule has 1 N–H and O–H groups in total. The summed E-state index contributed by atoms with van der Waals surface area (Å²) in [4.78, 5) is 13.3. The molecule has 0 saturated heterocycles. The maximum atomic E-state index is 12.4. The Morgan fingerprint density at radius 1 is 1.23 bits per heavy atom. The van der Waals surface area contributed by atoms with Gasteiger partial charge < -0.3 is 9.73 Å². The van der Waals surface area contributed by atoms with Crippen LogP contribution in [0.1, 0.15) is 31.7 Å². The first-order valence-electron chi connectivity index (χ1n) is 8.54. The summed E-state index contributed by atoms with van der Waals surface area (Å²) in [5.74, 6) is 0.775. The molecule has 1 amide bonds. The van der Waals surface area contributed by atoms with Gasteiger partial charge in [0.1, 0.15) is 0 Å². The lowest BCUT2D eigenvalue weighted by Crippen LogP contribution is -2.34. The van der Waals surface area contributed by atoms with Crippen molar-refractivity contribution in [2.45, 2.75) is 36.7 Å². The van der Waals surface area contributed by atoms with Crippen LogP contribution in [0.2, 0.25) is 0 Å². The van der Waals surface area contributed by atoms with E-state index in [1.165, 1.54) is 17.3 Å². The monoisotopic (exact) mass is 387 g/mol. The van der Waals surface area contributed by atoms with Gasteiger partial charge in [0.25, 0.3) is 11.1 Å². The van der Waals surface area contributed by atoms with Crippen molar-refractivity contribution in [3.8, 4) is 10.8 Å². The lowest BCUT2D eigenvalue weighted by molar-refractivity contribution is -0.120. The number of nitrogens with zero attached hydrogens (tertiary/aromatic N) is 2. The van der Waals surface area contributed by atoms with Crippen LogP contribution in [0.25, 0.3) is 10.8 Å². The standard InChI is InChI=1S/C19H21N3O2S2/c1-3-14(15-8-5-4-6-9-15)12-20-17(23)13(2)26-19-22-21-18(24-19)16-10-7-11-25-16/h4-11,13-14H,3,12H2,1-2H3,(H,20,23)/t13-,14+/m1/s1. The van der Waals surface area contributed by atoms with Gasteiger partial charge in [-0.25, -0.2) is 0 Å². The third-order valence-corrected chi connectivity index (χ3v) is 5.86. The van der Waals surface area contributed by atoms with E-state index in [4.69, 9.17) is 4.42 Å². The quantitative estimate of drug-likeness (QED) is 0.573. The molecule has 0 saturated carbocycles. The van der Waals surface area contributed by atoms with E-state index in [0.29, 0.717) is 23.6 Å². The van der Waals surface area contributed by atoms with E-state index in [0.717, 1.165) is 11.3 Å². The normalized spacial score (nSPS) is 13.3. The number of carbonyl (C=O) groups is 1. The molecule has 2 heterocycles. The van der Waals surface area contributed by atoms with Gasteiger partial charge in [0, 0.05) is 12.5 Å². The van der Waals surface area contributed by atoms with Crippen LogP contribution in [0, 0.1) is 0 Å². The fourth-order valence-electron chi connectivity index (χ4n) is 2.55. The minimum absolute atomic E-state index is 0.0275. The number of hydrogen-bond donors (Lipinski definition) is 1. The number of amides is 1. The minimum atomic E-state index is -0.306. The third-order valence-electron chi connectivity index (χ3n) is 4.07. The summed E-state index contributed by atoms with van der Waals surface area (Å²) in [6.07, 6.45) is 0.972. The highest BCUT2D eigenvalue weighted by Gasteiger charge is 2.20. The van der Waals surface area contributed by atoms with E-state index >= 15 is 0 Å². The molecule has 3 rings (SSSR count). The summed E-state index contributed by atoms with van der Waals surface area (Å²) < 4.78 is 5.64. The van der Waals surface area contributed by atoms with Crippen LogP contribution >= 0.6 is 23.1 Å². The second-order valence-electron chi connectivity index (χ2n) is 5.87. The predicted octanol–water partition coefficient (Wildman–Crippen LogP) is 4.59. The summed E-state index contributed by atoms with van der Waals surface area (Å²) in [5, 5.41) is 13.2. The summed E-state index contributed by atoms with van der Waals surface area (Å²) in [7, 11) is 0. The highest BCUT2D eigenvalue weighted by atomic mass is 32.2. The maximum absolute atomic E-state index is 12.4. The average molecular weight is 388 g/mol. The van der Waals surface area contributed by atoms with E-state index in [9.17, 15) is 4.79 Å². The SMILES string of the molecule is CC[C@@H](CNC(=O)[C@@H](C)Sc1nnc(-c2cccs2)o1)c1ccccc1. The molecular formula is C19H21N3O2S2. The number of carbonyl (C=O) groups excluding carboxylic acids is 1. The highest BCUT2D eigenvalue weighted by Crippen LogP contribution is 2.28. The van der Waals surface area contributed by atoms with Gasteiger partial charge in [-0.1, -0.05) is 55.1 Å². The number of nitrogens with one attached hydrogen (secondary N) is 1. The van der Waals surface area contributed by atoms with Crippen molar-refractivity contribution in [2.24, 2.45) is 0 Å². The number of benzene rings is 1. The summed E-state index contributed by atoms with van der Waals surface area (Å²) in [6, 6.07) is 14.1. The summed E-state index contributed by atoms with van der Waals surface area (Å²) in [6.45, 7) is 4.60. The van der Waals surface area contributed by atoms with Gasteiger partial charge in [0.15, 0.2) is 0 Å². The minimum Gasteiger partial charge on any atom is -0.410 e. The van der Waals surface area contributed by atoms with Crippen LogP contribution in [0.4, 0.5) is 0 Å². The fourth-order valence-corrected chi connectivity index (χ4v) is 3.90. The Kier molecular flexibility index (Phi) is 6.46. The van der Waals surface area contributed by atoms with Gasteiger partial charge in [-0.15, -0.1) is 21.5 Å². The van der Waals surface area contributed by atoms with Gasteiger partial charge >= 0.3 is 0 Å². The molecule has 136 valence electrons. The molecule has 7 heteroatoms. The molecule has 2 atom stereocenters. The first-order chi connectivity index (χ1) is 12.7. The summed E-state index contributed by atoms with van der Waals surface area (Å²) >= 11 is 2.82. The lowest BCUT2D eigenvalue weighted by Gasteiger charge is -2.17. The van der Waals surface area contributed by atoms with E-state index < -0.39 is 0 Å². The van der Waals surface area contributed by atoms with Crippen molar-refractivity contribution in [1.82, 2.24) is 15.5 Å². The first kappa shape index (κ1) is 18.7. The topological polar surface area (TPSA) is 68.0 Å². The number of aromatic nitrogens is 2. The molecule has 0 unspecified atom stereocenters. The molecule has 0 spiro atoms. The Morgan fingerprint density at radius 2 is 2.04 bits per heavy atom. The van der Waals surface area contributed by atoms with Gasteiger partial charge in [0.2, 0.25) is 5.91 Å². The molecule has 5 nitrogen and oxygen atoms in total. The molecule has 3 aromatic rings. The van der Waals surface area contributed by atoms with Crippen molar-refractivity contribution in [2.75, 3.05) is 6.54 Å². The smallest absolute Gasteiger partial charge is 0.277 e. The van der Waals surface area contributed by atoms with E-state index in [1.54, 1.807) is 11.3 Å². The molecule has 1 aromatic carbocycles. The van der Waals surface area contributed by atoms with Crippen molar-refractivity contribution < 1.29 is 9.21 Å². The number of rotatable bonds is 8. The largest absolute Gasteiger partial charge is 0.410 e. The van der Waals surface area contributed by atoms with Crippen LogP contribution in [0.5, 0.6) is 0 Å². The molecular weight excluding hydrogens is 366 g/mol. The van der Waals surface area contributed by atoms with Gasteiger partial charge in [-0.3, -0.25) is 4.79 Å². The van der Waals surface area contributed by atoms with Crippen LogP contribution in [-0.2, 0) is 4.79 Å². The predicted molar refractivity (Wildman–Crippen MR) is 105 cm³/mol. The Bertz CT molecular complexity index is 818. The second kappa shape index (κ2) is 9.00. The van der Waals surface area contributed by atoms with Crippen LogP contribution < -0.4 is 5.32 Å². The molecule has 26 heavy (non-hydrogen) atoms. The van der Waals surface area contributed by atoms with Crippen LogP contribution in [-0.4, -0.2) is 27.9 Å². The van der Waals surface area contributed by atoms with E-state index in [2.05, 4.69) is 34.6 Å². The Hall–Kier alpha value is -2.12. The molecule has 0 aliphatic carbocycles. The molecule has 0 fully saturated rings. The Labute approximate surface area is 161 Å². The van der Waals surface area contributed by atoms with Gasteiger partial charge in [-0.05, 0) is 30.4 Å². The number of thiophene rings is 1. The molecule has 0 aliphatic heterocycles. The zero-order chi connectivity index (χ0) is 18.4. The summed E-state index contributed by atoms with van der Waals surface area (Å²) in [5.41, 5.74) is 1.24. The van der Waals surface area contributed by atoms with Gasteiger partial charge in [-0.2, -0.15) is 0 Å². The number of hydrogen-bond acceptors (Lipinski definition) is 6. The highest BCUT2D eigenvalue weighted by molar-refractivity contribution is 8.00. The zero-order valence-corrected chi connectivity index (χ0v) is 16.3. The molecule has 2 aromatic heterocycles. The second-order valence-corrected chi connectivity index (χ2v) is 8.11. The zero-order valence-electron chi connectivity index (χ0n) is 14.7. The average Bonchev–Trinajstić information content (AvgIpc) is 3.34. The van der Waals surface area contributed by atoms with Gasteiger partial charge in [0.05, 0.1) is 10.1 Å². The van der Waals surface area contributed by atoms with Crippen LogP contribution in [0.15, 0.2) is 57.5 Å². The maximum Gasteiger partial charge on any atom is 0.277 e. The van der Waals surface area contributed by atoms with E-state index in [1.807, 2.05) is 42.6 Å². The molecule has 0 aliphatic rings. The van der Waals surface area contributed by atoms with E-state index in [-0.39, 0.29) is 11.2 Å². The third kappa shape index (κ3) is 4.74.